The Morgan fingerprint density at radius 1 is 1.52 bits per heavy atom. The van der Waals surface area contributed by atoms with Gasteiger partial charge in [0.05, 0.1) is 29.5 Å². The summed E-state index contributed by atoms with van der Waals surface area (Å²) in [6, 6.07) is 9.08. The number of nitrogens with one attached hydrogen (secondary N) is 1. The average Bonchev–Trinajstić information content (AvgIpc) is 2.36. The van der Waals surface area contributed by atoms with Crippen LogP contribution in [0.15, 0.2) is 24.3 Å². The van der Waals surface area contributed by atoms with Crippen molar-refractivity contribution in [3.8, 4) is 6.07 Å². The first-order valence-corrected chi connectivity index (χ1v) is 7.09. The number of hydrogen-bond acceptors (Lipinski definition) is 4. The molecule has 1 N–H and O–H groups in total. The fraction of sp³-hybridized carbons (Fsp3) is 0.500. The Labute approximate surface area is 125 Å². The molecule has 1 fully saturated rings. The first-order valence-electron chi connectivity index (χ1n) is 7.09. The number of para-hydroxylation sites is 1. The maximum absolute atomic E-state index is 12.2. The van der Waals surface area contributed by atoms with Gasteiger partial charge in [0.1, 0.15) is 6.07 Å². The molecule has 1 aliphatic heterocycles. The summed E-state index contributed by atoms with van der Waals surface area (Å²) in [5.74, 6) is -0.109. The Hall–Kier alpha value is -1.90. The summed E-state index contributed by atoms with van der Waals surface area (Å²) >= 11 is 0. The normalized spacial score (nSPS) is 21.5. The second kappa shape index (κ2) is 6.25. The van der Waals surface area contributed by atoms with Crippen LogP contribution in [0.5, 0.6) is 0 Å². The van der Waals surface area contributed by atoms with E-state index in [1.54, 1.807) is 24.3 Å². The number of carbonyl (C=O) groups is 1. The minimum atomic E-state index is -0.248. The lowest BCUT2D eigenvalue weighted by molar-refractivity contribution is -0.136. The fourth-order valence-corrected chi connectivity index (χ4v) is 2.79. The number of nitriles is 1. The van der Waals surface area contributed by atoms with Crippen LogP contribution in [0.1, 0.15) is 26.3 Å². The highest BCUT2D eigenvalue weighted by molar-refractivity contribution is 5.93. The van der Waals surface area contributed by atoms with Crippen LogP contribution in [0.2, 0.25) is 0 Å². The quantitative estimate of drug-likeness (QED) is 0.923. The number of benzene rings is 1. The van der Waals surface area contributed by atoms with E-state index in [0.29, 0.717) is 24.3 Å². The molecular formula is C16H21N3O2. The van der Waals surface area contributed by atoms with Gasteiger partial charge in [-0.05, 0) is 32.9 Å². The van der Waals surface area contributed by atoms with Gasteiger partial charge >= 0.3 is 0 Å². The lowest BCUT2D eigenvalue weighted by Crippen LogP contribution is -2.53. The van der Waals surface area contributed by atoms with Crippen molar-refractivity contribution in [3.05, 3.63) is 29.8 Å². The molecule has 0 bridgehead atoms. The first kappa shape index (κ1) is 15.5. The molecule has 0 radical (unpaired) electrons. The van der Waals surface area contributed by atoms with E-state index in [1.807, 2.05) is 20.8 Å². The van der Waals surface area contributed by atoms with Gasteiger partial charge in [-0.25, -0.2) is 0 Å². The molecule has 0 saturated carbocycles. The van der Waals surface area contributed by atoms with Crippen LogP contribution >= 0.6 is 0 Å². The minimum absolute atomic E-state index is 0.105. The van der Waals surface area contributed by atoms with Crippen molar-refractivity contribution in [2.45, 2.75) is 32.5 Å². The van der Waals surface area contributed by atoms with Crippen molar-refractivity contribution in [2.75, 3.05) is 25.0 Å². The molecule has 1 aliphatic rings. The van der Waals surface area contributed by atoms with Crippen LogP contribution < -0.4 is 5.32 Å². The van der Waals surface area contributed by atoms with Gasteiger partial charge in [-0.3, -0.25) is 9.69 Å². The fourth-order valence-electron chi connectivity index (χ4n) is 2.79. The van der Waals surface area contributed by atoms with Crippen LogP contribution in [0.25, 0.3) is 0 Å². The molecule has 1 unspecified atom stereocenters. The van der Waals surface area contributed by atoms with Gasteiger partial charge in [0.25, 0.3) is 0 Å². The molecule has 0 spiro atoms. The Morgan fingerprint density at radius 3 is 2.90 bits per heavy atom. The molecule has 1 atom stereocenters. The summed E-state index contributed by atoms with van der Waals surface area (Å²) in [6.07, 6.45) is 0.105. The SMILES string of the molecule is CC1CN(CC(=O)Nc2ccccc2C#N)CC(C)(C)O1. The van der Waals surface area contributed by atoms with E-state index in [0.717, 1.165) is 6.54 Å². The lowest BCUT2D eigenvalue weighted by Gasteiger charge is -2.41. The standard InChI is InChI=1S/C16H21N3O2/c1-12-9-19(11-16(2,3)21-12)10-15(20)18-14-7-5-4-6-13(14)8-17/h4-7,12H,9-11H2,1-3H3,(H,18,20). The predicted molar refractivity (Wildman–Crippen MR) is 80.9 cm³/mol. The van der Waals surface area contributed by atoms with Crippen molar-refractivity contribution in [1.82, 2.24) is 4.90 Å². The summed E-state index contributed by atoms with van der Waals surface area (Å²) in [6.45, 7) is 7.81. The van der Waals surface area contributed by atoms with Gasteiger partial charge in [0.15, 0.2) is 0 Å². The Bertz CT molecular complexity index is 563. The highest BCUT2D eigenvalue weighted by atomic mass is 16.5. The third-order valence-corrected chi connectivity index (χ3v) is 3.33. The summed E-state index contributed by atoms with van der Waals surface area (Å²) < 4.78 is 5.82. The number of nitrogens with zero attached hydrogens (tertiary/aromatic N) is 2. The number of amides is 1. The van der Waals surface area contributed by atoms with Gasteiger partial charge < -0.3 is 10.1 Å². The number of ether oxygens (including phenoxy) is 1. The molecular weight excluding hydrogens is 266 g/mol. The zero-order valence-corrected chi connectivity index (χ0v) is 12.7. The maximum Gasteiger partial charge on any atom is 0.238 e. The van der Waals surface area contributed by atoms with E-state index < -0.39 is 0 Å². The molecule has 1 heterocycles. The zero-order chi connectivity index (χ0) is 15.5. The van der Waals surface area contributed by atoms with Gasteiger partial charge in [0, 0.05) is 13.1 Å². The highest BCUT2D eigenvalue weighted by Crippen LogP contribution is 2.20. The van der Waals surface area contributed by atoms with Gasteiger partial charge in [-0.1, -0.05) is 12.1 Å². The van der Waals surface area contributed by atoms with Crippen molar-refractivity contribution in [2.24, 2.45) is 0 Å². The van der Waals surface area contributed by atoms with Crippen LogP contribution in [-0.2, 0) is 9.53 Å². The highest BCUT2D eigenvalue weighted by Gasteiger charge is 2.32. The van der Waals surface area contributed by atoms with E-state index >= 15 is 0 Å². The Morgan fingerprint density at radius 2 is 2.24 bits per heavy atom. The third-order valence-electron chi connectivity index (χ3n) is 3.33. The molecule has 0 aliphatic carbocycles. The summed E-state index contributed by atoms with van der Waals surface area (Å²) in [7, 11) is 0. The second-order valence-electron chi connectivity index (χ2n) is 6.06. The van der Waals surface area contributed by atoms with Crippen molar-refractivity contribution >= 4 is 11.6 Å². The molecule has 1 aromatic rings. The molecule has 21 heavy (non-hydrogen) atoms. The van der Waals surface area contributed by atoms with Gasteiger partial charge in [0.2, 0.25) is 5.91 Å². The minimum Gasteiger partial charge on any atom is -0.370 e. The zero-order valence-electron chi connectivity index (χ0n) is 12.7. The number of carbonyl (C=O) groups excluding carboxylic acids is 1. The van der Waals surface area contributed by atoms with E-state index in [9.17, 15) is 4.79 Å². The summed E-state index contributed by atoms with van der Waals surface area (Å²) in [4.78, 5) is 14.2. The average molecular weight is 287 g/mol. The summed E-state index contributed by atoms with van der Waals surface area (Å²) in [5, 5.41) is 11.8. The molecule has 0 aromatic heterocycles. The van der Waals surface area contributed by atoms with E-state index in [-0.39, 0.29) is 17.6 Å². The Kier molecular flexibility index (Phi) is 4.61. The third kappa shape index (κ3) is 4.28. The van der Waals surface area contributed by atoms with Crippen molar-refractivity contribution in [1.29, 1.82) is 5.26 Å². The number of rotatable bonds is 3. The van der Waals surface area contributed by atoms with Gasteiger partial charge in [-0.15, -0.1) is 0 Å². The van der Waals surface area contributed by atoms with Crippen LogP contribution in [0, 0.1) is 11.3 Å². The number of anilines is 1. The lowest BCUT2D eigenvalue weighted by atomic mass is 10.1. The largest absolute Gasteiger partial charge is 0.370 e. The molecule has 5 heteroatoms. The van der Waals surface area contributed by atoms with Crippen molar-refractivity contribution < 1.29 is 9.53 Å². The van der Waals surface area contributed by atoms with E-state index in [4.69, 9.17) is 10.00 Å². The predicted octanol–water partition coefficient (Wildman–Crippen LogP) is 2.00. The number of morpholine rings is 1. The molecule has 1 amide bonds. The summed E-state index contributed by atoms with van der Waals surface area (Å²) in [5.41, 5.74) is 0.787. The van der Waals surface area contributed by atoms with Crippen molar-refractivity contribution in [3.63, 3.8) is 0 Å². The topological polar surface area (TPSA) is 65.4 Å². The molecule has 2 rings (SSSR count). The van der Waals surface area contributed by atoms with Crippen LogP contribution in [-0.4, -0.2) is 42.1 Å². The smallest absolute Gasteiger partial charge is 0.238 e. The van der Waals surface area contributed by atoms with E-state index in [2.05, 4.69) is 16.3 Å². The van der Waals surface area contributed by atoms with Crippen LogP contribution in [0.3, 0.4) is 0 Å². The maximum atomic E-state index is 12.2. The monoisotopic (exact) mass is 287 g/mol. The van der Waals surface area contributed by atoms with Crippen LogP contribution in [0.4, 0.5) is 5.69 Å². The molecule has 1 aromatic carbocycles. The number of hydrogen-bond donors (Lipinski definition) is 1. The second-order valence-corrected chi connectivity index (χ2v) is 6.06. The molecule has 112 valence electrons. The molecule has 1 saturated heterocycles. The van der Waals surface area contributed by atoms with E-state index in [1.165, 1.54) is 0 Å². The van der Waals surface area contributed by atoms with Gasteiger partial charge in [-0.2, -0.15) is 5.26 Å². The first-order chi connectivity index (χ1) is 9.89. The Balaban J connectivity index is 1.97. The molecule has 5 nitrogen and oxygen atoms in total.